The minimum atomic E-state index is 0.628. The quantitative estimate of drug-likeness (QED) is 0.482. The van der Waals surface area contributed by atoms with Crippen LogP contribution in [0.25, 0.3) is 21.5 Å². The lowest BCUT2D eigenvalue weighted by atomic mass is 10.0. The van der Waals surface area contributed by atoms with E-state index >= 15 is 0 Å². The van der Waals surface area contributed by atoms with Crippen LogP contribution in [0.5, 0.6) is 0 Å². The highest BCUT2D eigenvalue weighted by Crippen LogP contribution is 2.30. The highest BCUT2D eigenvalue weighted by atomic mass is 14.6. The smallest absolute Gasteiger partial charge is 0.0696 e. The van der Waals surface area contributed by atoms with Crippen molar-refractivity contribution in [3.63, 3.8) is 0 Å². The van der Waals surface area contributed by atoms with Gasteiger partial charge < -0.3 is 0 Å². The summed E-state index contributed by atoms with van der Waals surface area (Å²) >= 11 is 0. The Bertz CT molecular complexity index is 587. The molecule has 3 rings (SSSR count). The van der Waals surface area contributed by atoms with Gasteiger partial charge in [-0.2, -0.15) is 0 Å². The Labute approximate surface area is 88.1 Å². The van der Waals surface area contributed by atoms with Crippen molar-refractivity contribution in [2.75, 3.05) is 0 Å². The minimum Gasteiger partial charge on any atom is -0.300 e. The van der Waals surface area contributed by atoms with Crippen LogP contribution < -0.4 is 5.73 Å². The Morgan fingerprint density at radius 3 is 1.67 bits per heavy atom. The standard InChI is InChI=1S/C14H10N/c15-14-12-7-3-1-5-10(12)9-11-6-2-4-8-13(11)14/h1-9,15H. The Morgan fingerprint density at radius 2 is 1.13 bits per heavy atom. The van der Waals surface area contributed by atoms with E-state index in [2.05, 4.69) is 18.2 Å². The maximum absolute atomic E-state index is 8.13. The molecular formula is C14H10N. The maximum Gasteiger partial charge on any atom is 0.0696 e. The van der Waals surface area contributed by atoms with Crippen molar-refractivity contribution in [2.45, 2.75) is 0 Å². The highest BCUT2D eigenvalue weighted by Gasteiger charge is 2.03. The van der Waals surface area contributed by atoms with Gasteiger partial charge in [0.25, 0.3) is 0 Å². The molecule has 0 fully saturated rings. The van der Waals surface area contributed by atoms with Gasteiger partial charge in [0.05, 0.1) is 5.69 Å². The molecule has 0 aliphatic heterocycles. The molecule has 3 aromatic carbocycles. The van der Waals surface area contributed by atoms with Crippen LogP contribution in [0.1, 0.15) is 0 Å². The largest absolute Gasteiger partial charge is 0.300 e. The summed E-state index contributed by atoms with van der Waals surface area (Å²) in [5.41, 5.74) is 8.76. The van der Waals surface area contributed by atoms with Gasteiger partial charge in [0, 0.05) is 10.8 Å². The molecule has 0 aliphatic carbocycles. The van der Waals surface area contributed by atoms with E-state index in [9.17, 15) is 0 Å². The first-order chi connectivity index (χ1) is 7.36. The van der Waals surface area contributed by atoms with Gasteiger partial charge >= 0.3 is 0 Å². The van der Waals surface area contributed by atoms with Crippen molar-refractivity contribution >= 4 is 27.2 Å². The number of hydrogen-bond donors (Lipinski definition) is 0. The Hall–Kier alpha value is -2.02. The fourth-order valence-electron chi connectivity index (χ4n) is 2.01. The van der Waals surface area contributed by atoms with Crippen molar-refractivity contribution < 1.29 is 0 Å². The maximum atomic E-state index is 8.13. The molecule has 0 atom stereocenters. The number of rotatable bonds is 0. The van der Waals surface area contributed by atoms with Crippen LogP contribution in [-0.2, 0) is 0 Å². The van der Waals surface area contributed by atoms with Gasteiger partial charge in [-0.15, -0.1) is 0 Å². The molecule has 71 valence electrons. The Morgan fingerprint density at radius 1 is 0.667 bits per heavy atom. The first-order valence-corrected chi connectivity index (χ1v) is 4.98. The van der Waals surface area contributed by atoms with Crippen LogP contribution in [0.15, 0.2) is 54.6 Å². The molecule has 0 aliphatic rings. The summed E-state index contributed by atoms with van der Waals surface area (Å²) in [7, 11) is 0. The average molecular weight is 192 g/mol. The van der Waals surface area contributed by atoms with E-state index in [-0.39, 0.29) is 0 Å². The van der Waals surface area contributed by atoms with Crippen LogP contribution in [-0.4, -0.2) is 0 Å². The summed E-state index contributed by atoms with van der Waals surface area (Å²) in [4.78, 5) is 0. The van der Waals surface area contributed by atoms with Gasteiger partial charge in [0.2, 0.25) is 0 Å². The van der Waals surface area contributed by atoms with E-state index in [4.69, 9.17) is 5.73 Å². The Kier molecular flexibility index (Phi) is 1.65. The van der Waals surface area contributed by atoms with Crippen molar-refractivity contribution in [3.8, 4) is 0 Å². The summed E-state index contributed by atoms with van der Waals surface area (Å²) in [6.45, 7) is 0. The molecule has 0 unspecified atom stereocenters. The SMILES string of the molecule is [NH]c1c2ccccc2cc2ccccc12. The van der Waals surface area contributed by atoms with Crippen molar-refractivity contribution in [1.29, 1.82) is 0 Å². The molecule has 0 saturated carbocycles. The van der Waals surface area contributed by atoms with Crippen molar-refractivity contribution in [1.82, 2.24) is 5.73 Å². The predicted octanol–water partition coefficient (Wildman–Crippen LogP) is 3.91. The lowest BCUT2D eigenvalue weighted by Crippen LogP contribution is -1.80. The van der Waals surface area contributed by atoms with E-state index in [0.717, 1.165) is 21.5 Å². The van der Waals surface area contributed by atoms with E-state index < -0.39 is 0 Å². The zero-order valence-corrected chi connectivity index (χ0v) is 8.20. The second-order valence-corrected chi connectivity index (χ2v) is 3.69. The summed E-state index contributed by atoms with van der Waals surface area (Å²) < 4.78 is 0. The van der Waals surface area contributed by atoms with Gasteiger partial charge in [0.1, 0.15) is 0 Å². The van der Waals surface area contributed by atoms with Crippen LogP contribution in [0, 0.1) is 0 Å². The fourth-order valence-corrected chi connectivity index (χ4v) is 2.01. The Balaban J connectivity index is 2.60. The third kappa shape index (κ3) is 1.17. The first-order valence-electron chi connectivity index (χ1n) is 4.98. The molecule has 1 radical (unpaired) electrons. The van der Waals surface area contributed by atoms with Gasteiger partial charge in [-0.1, -0.05) is 48.5 Å². The lowest BCUT2D eigenvalue weighted by molar-refractivity contribution is 1.56. The summed E-state index contributed by atoms with van der Waals surface area (Å²) in [5, 5.41) is 4.33. The zero-order valence-electron chi connectivity index (χ0n) is 8.20. The van der Waals surface area contributed by atoms with Crippen LogP contribution in [0.2, 0.25) is 0 Å². The van der Waals surface area contributed by atoms with Crippen LogP contribution >= 0.6 is 0 Å². The molecule has 15 heavy (non-hydrogen) atoms. The topological polar surface area (TPSA) is 23.8 Å². The minimum absolute atomic E-state index is 0.628. The molecule has 0 amide bonds. The number of nitrogens with one attached hydrogen (secondary N) is 1. The zero-order chi connectivity index (χ0) is 10.3. The normalized spacial score (nSPS) is 10.9. The predicted molar refractivity (Wildman–Crippen MR) is 64.2 cm³/mol. The van der Waals surface area contributed by atoms with Crippen molar-refractivity contribution in [3.05, 3.63) is 54.6 Å². The highest BCUT2D eigenvalue weighted by molar-refractivity contribution is 6.08. The first kappa shape index (κ1) is 8.30. The third-order valence-electron chi connectivity index (χ3n) is 2.77. The van der Waals surface area contributed by atoms with E-state index in [1.807, 2.05) is 36.4 Å². The molecule has 1 N–H and O–H groups in total. The average Bonchev–Trinajstić information content (AvgIpc) is 2.30. The summed E-state index contributed by atoms with van der Waals surface area (Å²) in [5.74, 6) is 0. The molecule has 0 heterocycles. The summed E-state index contributed by atoms with van der Waals surface area (Å²) in [6, 6.07) is 18.2. The molecule has 3 aromatic rings. The molecule has 0 aromatic heterocycles. The monoisotopic (exact) mass is 192 g/mol. The molecule has 1 nitrogen and oxygen atoms in total. The second-order valence-electron chi connectivity index (χ2n) is 3.69. The van der Waals surface area contributed by atoms with Crippen molar-refractivity contribution in [2.24, 2.45) is 0 Å². The number of fused-ring (bicyclic) bond motifs is 2. The summed E-state index contributed by atoms with van der Waals surface area (Å²) in [6.07, 6.45) is 0. The number of benzene rings is 3. The molecular weight excluding hydrogens is 182 g/mol. The van der Waals surface area contributed by atoms with E-state index in [1.54, 1.807) is 0 Å². The van der Waals surface area contributed by atoms with Crippen LogP contribution in [0.4, 0.5) is 5.69 Å². The molecule has 0 bridgehead atoms. The fraction of sp³-hybridized carbons (Fsp3) is 0. The number of hydrogen-bond acceptors (Lipinski definition) is 0. The second kappa shape index (κ2) is 2.99. The van der Waals surface area contributed by atoms with E-state index in [0.29, 0.717) is 5.69 Å². The molecule has 0 saturated heterocycles. The van der Waals surface area contributed by atoms with Gasteiger partial charge in [-0.25, -0.2) is 0 Å². The third-order valence-corrected chi connectivity index (χ3v) is 2.77. The van der Waals surface area contributed by atoms with Crippen LogP contribution in [0.3, 0.4) is 0 Å². The van der Waals surface area contributed by atoms with E-state index in [1.165, 1.54) is 0 Å². The van der Waals surface area contributed by atoms with Gasteiger partial charge in [0.15, 0.2) is 0 Å². The molecule has 0 spiro atoms. The lowest BCUT2D eigenvalue weighted by Gasteiger charge is -2.05. The van der Waals surface area contributed by atoms with Gasteiger partial charge in [-0.3, -0.25) is 5.73 Å². The van der Waals surface area contributed by atoms with Gasteiger partial charge in [-0.05, 0) is 16.8 Å². The molecule has 1 heteroatoms.